The highest BCUT2D eigenvalue weighted by Gasteiger charge is 2.21. The molecule has 0 unspecified atom stereocenters. The molecule has 0 atom stereocenters. The van der Waals surface area contributed by atoms with Crippen LogP contribution in [0.3, 0.4) is 0 Å². The Labute approximate surface area is 177 Å². The van der Waals surface area contributed by atoms with E-state index in [1.165, 1.54) is 5.69 Å². The predicted molar refractivity (Wildman–Crippen MR) is 121 cm³/mol. The van der Waals surface area contributed by atoms with E-state index < -0.39 is 0 Å². The Kier molecular flexibility index (Phi) is 5.93. The lowest BCUT2D eigenvalue weighted by Crippen LogP contribution is -2.33. The van der Waals surface area contributed by atoms with Crippen LogP contribution in [0.15, 0.2) is 42.5 Å². The zero-order valence-electron chi connectivity index (χ0n) is 18.0. The molecule has 0 bridgehead atoms. The van der Waals surface area contributed by atoms with Crippen LogP contribution in [0.5, 0.6) is 5.75 Å². The Morgan fingerprint density at radius 3 is 2.70 bits per heavy atom. The second kappa shape index (κ2) is 8.78. The van der Waals surface area contributed by atoms with E-state index in [-0.39, 0.29) is 11.8 Å². The summed E-state index contributed by atoms with van der Waals surface area (Å²) in [6.45, 7) is 9.29. The first-order valence-corrected chi connectivity index (χ1v) is 10.8. The summed E-state index contributed by atoms with van der Waals surface area (Å²) in [6, 6.07) is 14.3. The van der Waals surface area contributed by atoms with E-state index in [1.54, 1.807) is 0 Å². The van der Waals surface area contributed by atoms with E-state index in [0.29, 0.717) is 0 Å². The van der Waals surface area contributed by atoms with Gasteiger partial charge in [0, 0.05) is 30.4 Å². The Morgan fingerprint density at radius 2 is 1.97 bits per heavy atom. The minimum absolute atomic E-state index is 0.0200. The number of aromatic nitrogens is 2. The fourth-order valence-electron chi connectivity index (χ4n) is 3.69. The van der Waals surface area contributed by atoms with Gasteiger partial charge in [0.25, 0.3) is 0 Å². The molecule has 4 rings (SSSR count). The van der Waals surface area contributed by atoms with Crippen LogP contribution in [0.4, 0.5) is 11.4 Å². The van der Waals surface area contributed by atoms with Crippen molar-refractivity contribution < 1.29 is 9.53 Å². The molecule has 1 amide bonds. The highest BCUT2D eigenvalue weighted by Crippen LogP contribution is 2.27. The molecule has 30 heavy (non-hydrogen) atoms. The third-order valence-electron chi connectivity index (χ3n) is 5.51. The topological polar surface area (TPSA) is 59.4 Å². The van der Waals surface area contributed by atoms with Gasteiger partial charge in [0.1, 0.15) is 11.6 Å². The van der Waals surface area contributed by atoms with Crippen molar-refractivity contribution in [2.24, 2.45) is 5.92 Å². The van der Waals surface area contributed by atoms with Gasteiger partial charge in [0.15, 0.2) is 0 Å². The number of anilines is 2. The molecule has 2 aromatic carbocycles. The number of hydrogen-bond acceptors (Lipinski definition) is 4. The lowest BCUT2D eigenvalue weighted by atomic mass is 10.2. The zero-order chi connectivity index (χ0) is 21.1. The first kappa shape index (κ1) is 20.3. The fourth-order valence-corrected chi connectivity index (χ4v) is 3.69. The standard InChI is InChI=1S/C24H30N4O2/c1-4-5-14-30-20-9-7-19(8-10-20)27-12-13-28-22-11-6-18(25-24(29)17(2)3)15-21(22)26-23(28)16-27/h6-11,15,17H,4-5,12-14,16H2,1-3H3,(H,25,29). The van der Waals surface area contributed by atoms with Gasteiger partial charge in [-0.25, -0.2) is 4.98 Å². The predicted octanol–water partition coefficient (Wildman–Crippen LogP) is 4.83. The van der Waals surface area contributed by atoms with Crippen LogP contribution in [0.2, 0.25) is 0 Å². The van der Waals surface area contributed by atoms with Gasteiger partial charge in [0.05, 0.1) is 24.2 Å². The minimum atomic E-state index is -0.0482. The van der Waals surface area contributed by atoms with Crippen LogP contribution in [0.25, 0.3) is 11.0 Å². The summed E-state index contributed by atoms with van der Waals surface area (Å²) in [5.74, 6) is 1.94. The van der Waals surface area contributed by atoms with Gasteiger partial charge in [0.2, 0.25) is 5.91 Å². The van der Waals surface area contributed by atoms with E-state index in [4.69, 9.17) is 9.72 Å². The third kappa shape index (κ3) is 4.27. The van der Waals surface area contributed by atoms with Crippen LogP contribution in [-0.4, -0.2) is 28.6 Å². The lowest BCUT2D eigenvalue weighted by molar-refractivity contribution is -0.118. The first-order valence-electron chi connectivity index (χ1n) is 10.8. The number of amides is 1. The first-order chi connectivity index (χ1) is 14.5. The Bertz CT molecular complexity index is 1020. The van der Waals surface area contributed by atoms with E-state index in [1.807, 2.05) is 38.1 Å². The van der Waals surface area contributed by atoms with Crippen molar-refractivity contribution in [2.45, 2.75) is 46.7 Å². The molecule has 0 radical (unpaired) electrons. The van der Waals surface area contributed by atoms with Gasteiger partial charge in [-0.3, -0.25) is 4.79 Å². The number of imidazole rings is 1. The highest BCUT2D eigenvalue weighted by molar-refractivity contribution is 5.94. The van der Waals surface area contributed by atoms with Crippen LogP contribution in [-0.2, 0) is 17.9 Å². The number of benzene rings is 2. The zero-order valence-corrected chi connectivity index (χ0v) is 18.0. The molecule has 0 saturated carbocycles. The van der Waals surface area contributed by atoms with Gasteiger partial charge in [-0.2, -0.15) is 0 Å². The number of unbranched alkanes of at least 4 members (excludes halogenated alkanes) is 1. The summed E-state index contributed by atoms with van der Waals surface area (Å²) in [7, 11) is 0. The van der Waals surface area contributed by atoms with Crippen molar-refractivity contribution >= 4 is 28.3 Å². The number of ether oxygens (including phenoxy) is 1. The molecule has 0 fully saturated rings. The second-order valence-electron chi connectivity index (χ2n) is 8.14. The van der Waals surface area contributed by atoms with Crippen LogP contribution < -0.4 is 15.0 Å². The van der Waals surface area contributed by atoms with Gasteiger partial charge in [-0.15, -0.1) is 0 Å². The molecule has 1 aliphatic rings. The van der Waals surface area contributed by atoms with Crippen molar-refractivity contribution in [1.29, 1.82) is 0 Å². The highest BCUT2D eigenvalue weighted by atomic mass is 16.5. The van der Waals surface area contributed by atoms with E-state index in [2.05, 4.69) is 39.9 Å². The molecule has 6 nitrogen and oxygen atoms in total. The monoisotopic (exact) mass is 406 g/mol. The molecule has 0 aliphatic carbocycles. The summed E-state index contributed by atoms with van der Waals surface area (Å²) in [5.41, 5.74) is 4.02. The number of rotatable bonds is 7. The number of hydrogen-bond donors (Lipinski definition) is 1. The third-order valence-corrected chi connectivity index (χ3v) is 5.51. The molecule has 2 heterocycles. The summed E-state index contributed by atoms with van der Waals surface area (Å²) < 4.78 is 8.05. The maximum absolute atomic E-state index is 12.0. The summed E-state index contributed by atoms with van der Waals surface area (Å²) >= 11 is 0. The molecule has 0 saturated heterocycles. The van der Waals surface area contributed by atoms with E-state index in [9.17, 15) is 4.79 Å². The summed E-state index contributed by atoms with van der Waals surface area (Å²) in [5, 5.41) is 2.96. The van der Waals surface area contributed by atoms with Crippen LogP contribution >= 0.6 is 0 Å². The Morgan fingerprint density at radius 1 is 1.17 bits per heavy atom. The molecule has 1 aliphatic heterocycles. The van der Waals surface area contributed by atoms with Crippen molar-refractivity contribution in [2.75, 3.05) is 23.4 Å². The molecular weight excluding hydrogens is 376 g/mol. The number of fused-ring (bicyclic) bond motifs is 3. The minimum Gasteiger partial charge on any atom is -0.494 e. The lowest BCUT2D eigenvalue weighted by Gasteiger charge is -2.30. The van der Waals surface area contributed by atoms with Crippen molar-refractivity contribution in [3.05, 3.63) is 48.3 Å². The molecule has 1 N–H and O–H groups in total. The Balaban J connectivity index is 1.48. The van der Waals surface area contributed by atoms with E-state index in [0.717, 1.165) is 67.4 Å². The number of nitrogens with zero attached hydrogens (tertiary/aromatic N) is 3. The molecule has 0 spiro atoms. The van der Waals surface area contributed by atoms with Crippen LogP contribution in [0, 0.1) is 5.92 Å². The molecule has 6 heteroatoms. The van der Waals surface area contributed by atoms with Gasteiger partial charge >= 0.3 is 0 Å². The second-order valence-corrected chi connectivity index (χ2v) is 8.14. The number of carbonyl (C=O) groups excluding carboxylic acids is 1. The normalized spacial score (nSPS) is 13.5. The van der Waals surface area contributed by atoms with Gasteiger partial charge in [-0.05, 0) is 48.9 Å². The quantitative estimate of drug-likeness (QED) is 0.571. The maximum atomic E-state index is 12.0. The maximum Gasteiger partial charge on any atom is 0.226 e. The SMILES string of the molecule is CCCCOc1ccc(N2CCn3c(nc4cc(NC(=O)C(C)C)ccc43)C2)cc1. The average Bonchev–Trinajstić information content (AvgIpc) is 3.11. The largest absolute Gasteiger partial charge is 0.494 e. The summed E-state index contributed by atoms with van der Waals surface area (Å²) in [4.78, 5) is 19.2. The van der Waals surface area contributed by atoms with Crippen molar-refractivity contribution in [3.8, 4) is 5.75 Å². The average molecular weight is 407 g/mol. The Hall–Kier alpha value is -3.02. The van der Waals surface area contributed by atoms with Crippen molar-refractivity contribution in [3.63, 3.8) is 0 Å². The van der Waals surface area contributed by atoms with Crippen LogP contribution in [0.1, 0.15) is 39.4 Å². The molecule has 3 aromatic rings. The smallest absolute Gasteiger partial charge is 0.226 e. The molecular formula is C24H30N4O2. The number of carbonyl (C=O) groups is 1. The number of nitrogens with one attached hydrogen (secondary N) is 1. The molecule has 158 valence electrons. The van der Waals surface area contributed by atoms with E-state index >= 15 is 0 Å². The fraction of sp³-hybridized carbons (Fsp3) is 0.417. The molecule has 1 aromatic heterocycles. The van der Waals surface area contributed by atoms with Gasteiger partial charge in [-0.1, -0.05) is 27.2 Å². The summed E-state index contributed by atoms with van der Waals surface area (Å²) in [6.07, 6.45) is 2.21. The van der Waals surface area contributed by atoms with Crippen molar-refractivity contribution in [1.82, 2.24) is 9.55 Å². The van der Waals surface area contributed by atoms with Gasteiger partial charge < -0.3 is 19.5 Å².